The summed E-state index contributed by atoms with van der Waals surface area (Å²) in [5.41, 5.74) is -0.494. The first kappa shape index (κ1) is 26.2. The van der Waals surface area contributed by atoms with Crippen molar-refractivity contribution in [3.05, 3.63) is 134 Å². The van der Waals surface area contributed by atoms with Crippen molar-refractivity contribution in [1.29, 1.82) is 0 Å². The average Bonchev–Trinajstić information content (AvgIpc) is 2.95. The van der Waals surface area contributed by atoms with Crippen LogP contribution in [0.5, 0.6) is 5.75 Å². The summed E-state index contributed by atoms with van der Waals surface area (Å²) in [7, 11) is 0. The summed E-state index contributed by atoms with van der Waals surface area (Å²) in [4.78, 5) is 37.0. The summed E-state index contributed by atoms with van der Waals surface area (Å²) in [5.74, 6) is 5.44. The quantitative estimate of drug-likeness (QED) is 0.299. The molecule has 40 heavy (non-hydrogen) atoms. The van der Waals surface area contributed by atoms with Crippen molar-refractivity contribution in [3.8, 4) is 40.4 Å². The van der Waals surface area contributed by atoms with E-state index in [9.17, 15) is 22.8 Å². The zero-order chi connectivity index (χ0) is 28.1. The monoisotopic (exact) mass is 540 g/mol. The van der Waals surface area contributed by atoms with Gasteiger partial charge in [0, 0.05) is 22.8 Å². The van der Waals surface area contributed by atoms with Crippen LogP contribution in [0, 0.1) is 11.8 Å². The molecule has 0 spiro atoms. The van der Waals surface area contributed by atoms with E-state index in [-0.39, 0.29) is 29.6 Å². The number of pyridine rings is 1. The van der Waals surface area contributed by atoms with Crippen LogP contribution in [-0.4, -0.2) is 19.9 Å². The van der Waals surface area contributed by atoms with Crippen LogP contribution >= 0.6 is 0 Å². The lowest BCUT2D eigenvalue weighted by molar-refractivity contribution is -0.137. The van der Waals surface area contributed by atoms with Gasteiger partial charge in [0.15, 0.2) is 5.82 Å². The molecular formula is C30H19F3N4O3. The molecule has 0 bridgehead atoms. The van der Waals surface area contributed by atoms with Crippen molar-refractivity contribution >= 4 is 0 Å². The fourth-order valence-corrected chi connectivity index (χ4v) is 3.87. The zero-order valence-electron chi connectivity index (χ0n) is 20.6. The minimum absolute atomic E-state index is 0.0726. The second-order valence-corrected chi connectivity index (χ2v) is 8.52. The number of nitrogens with one attached hydrogen (secondary N) is 2. The Morgan fingerprint density at radius 2 is 1.45 bits per heavy atom. The Kier molecular flexibility index (Phi) is 7.29. The second-order valence-electron chi connectivity index (χ2n) is 8.52. The summed E-state index contributed by atoms with van der Waals surface area (Å²) >= 11 is 0. The second kappa shape index (κ2) is 11.1. The molecule has 198 valence electrons. The predicted molar refractivity (Wildman–Crippen MR) is 142 cm³/mol. The highest BCUT2D eigenvalue weighted by molar-refractivity contribution is 5.71. The van der Waals surface area contributed by atoms with Gasteiger partial charge in [-0.1, -0.05) is 42.2 Å². The Morgan fingerprint density at radius 3 is 2.15 bits per heavy atom. The normalized spacial score (nSPS) is 11.0. The molecule has 2 heterocycles. The Hall–Kier alpha value is -5.43. The van der Waals surface area contributed by atoms with Crippen molar-refractivity contribution in [3.63, 3.8) is 0 Å². The summed E-state index contributed by atoms with van der Waals surface area (Å²) in [5, 5.41) is 0. The van der Waals surface area contributed by atoms with Gasteiger partial charge >= 0.3 is 11.9 Å². The molecule has 0 saturated heterocycles. The number of halogens is 3. The highest BCUT2D eigenvalue weighted by atomic mass is 19.4. The van der Waals surface area contributed by atoms with Crippen LogP contribution in [0.4, 0.5) is 13.2 Å². The third-order valence-corrected chi connectivity index (χ3v) is 5.70. The molecule has 7 nitrogen and oxygen atoms in total. The molecule has 3 aromatic carbocycles. The van der Waals surface area contributed by atoms with Crippen LogP contribution in [0.15, 0.2) is 101 Å². The van der Waals surface area contributed by atoms with Gasteiger partial charge in [-0.2, -0.15) is 18.2 Å². The highest BCUT2D eigenvalue weighted by Gasteiger charge is 2.36. The fourth-order valence-electron chi connectivity index (χ4n) is 3.87. The fraction of sp³-hybridized carbons (Fsp3) is 0.0667. The highest BCUT2D eigenvalue weighted by Crippen LogP contribution is 2.41. The Balaban J connectivity index is 1.52. The van der Waals surface area contributed by atoms with Crippen LogP contribution in [0.1, 0.15) is 22.4 Å². The van der Waals surface area contributed by atoms with E-state index in [1.165, 1.54) is 24.3 Å². The molecule has 0 aliphatic heterocycles. The first-order chi connectivity index (χ1) is 19.3. The van der Waals surface area contributed by atoms with Gasteiger partial charge in [-0.3, -0.25) is 9.78 Å². The number of alkyl halides is 3. The van der Waals surface area contributed by atoms with Gasteiger partial charge in [0.25, 0.3) is 0 Å². The molecule has 0 radical (unpaired) electrons. The lowest BCUT2D eigenvalue weighted by Gasteiger charge is -2.17. The summed E-state index contributed by atoms with van der Waals surface area (Å²) in [6.07, 6.45) is -4.78. The van der Waals surface area contributed by atoms with Gasteiger partial charge in [-0.05, 0) is 54.6 Å². The third kappa shape index (κ3) is 6.16. The van der Waals surface area contributed by atoms with Gasteiger partial charge in [-0.25, -0.2) is 9.78 Å². The Bertz CT molecular complexity index is 1840. The van der Waals surface area contributed by atoms with Gasteiger partial charge in [0.05, 0.1) is 16.8 Å². The van der Waals surface area contributed by atoms with Crippen LogP contribution in [0.2, 0.25) is 0 Å². The molecule has 5 rings (SSSR count). The molecule has 0 saturated carbocycles. The van der Waals surface area contributed by atoms with Crippen LogP contribution in [0.3, 0.4) is 0 Å². The molecule has 0 atom stereocenters. The lowest BCUT2D eigenvalue weighted by atomic mass is 10.0. The van der Waals surface area contributed by atoms with Crippen LogP contribution in [-0.2, 0) is 12.8 Å². The first-order valence-corrected chi connectivity index (χ1v) is 11.9. The van der Waals surface area contributed by atoms with Crippen LogP contribution in [0.25, 0.3) is 22.8 Å². The molecular weight excluding hydrogens is 521 g/mol. The summed E-state index contributed by atoms with van der Waals surface area (Å²) in [6, 6.07) is 23.8. The predicted octanol–water partition coefficient (Wildman–Crippen LogP) is 5.18. The van der Waals surface area contributed by atoms with Crippen molar-refractivity contribution in [2.24, 2.45) is 0 Å². The van der Waals surface area contributed by atoms with E-state index < -0.39 is 23.0 Å². The van der Waals surface area contributed by atoms with E-state index in [0.29, 0.717) is 16.8 Å². The standard InChI is InChI=1S/C30H19F3N4O3/c31-30(32,33)23-9-5-10-24(40-18-22-8-4-11-25(38)34-22)26(23)28-35-27(36-29(39)37-28)21-16-14-20(15-17-21)13-12-19-6-2-1-3-7-19/h1-11,14-17H,18H2,(H,34,38)(H,35,36,37,39). The maximum Gasteiger partial charge on any atom is 0.417 e. The number of rotatable bonds is 5. The number of benzene rings is 3. The zero-order valence-corrected chi connectivity index (χ0v) is 20.6. The van der Waals surface area contributed by atoms with E-state index in [1.807, 2.05) is 30.3 Å². The molecule has 0 aliphatic carbocycles. The minimum atomic E-state index is -4.78. The average molecular weight is 541 g/mol. The van der Waals surface area contributed by atoms with E-state index in [4.69, 9.17) is 4.74 Å². The molecule has 10 heteroatoms. The molecule has 0 fully saturated rings. The van der Waals surface area contributed by atoms with Gasteiger partial charge in [0.1, 0.15) is 18.2 Å². The van der Waals surface area contributed by atoms with Gasteiger partial charge in [0.2, 0.25) is 5.56 Å². The molecule has 0 unspecified atom stereocenters. The van der Waals surface area contributed by atoms with E-state index >= 15 is 0 Å². The van der Waals surface area contributed by atoms with Crippen molar-refractivity contribution < 1.29 is 17.9 Å². The van der Waals surface area contributed by atoms with Crippen molar-refractivity contribution in [2.75, 3.05) is 0 Å². The molecule has 2 aromatic heterocycles. The number of hydrogen-bond donors (Lipinski definition) is 2. The third-order valence-electron chi connectivity index (χ3n) is 5.70. The topological polar surface area (TPSA) is 101 Å². The summed E-state index contributed by atoms with van der Waals surface area (Å²) in [6.45, 7) is -0.224. The van der Waals surface area contributed by atoms with E-state index in [0.717, 1.165) is 11.6 Å². The maximum atomic E-state index is 14.0. The minimum Gasteiger partial charge on any atom is -0.487 e. The first-order valence-electron chi connectivity index (χ1n) is 11.9. The SMILES string of the molecule is O=c1cccc(COc2cccc(C(F)(F)F)c2-c2nc(-c3ccc(C#Cc4ccccc4)cc3)nc(=O)[nH]2)[nH]1. The number of hydrogen-bond acceptors (Lipinski definition) is 5. The van der Waals surface area contributed by atoms with Gasteiger partial charge < -0.3 is 9.72 Å². The maximum absolute atomic E-state index is 14.0. The molecule has 5 aromatic rings. The molecule has 0 aliphatic rings. The number of nitrogens with zero attached hydrogens (tertiary/aromatic N) is 2. The van der Waals surface area contributed by atoms with Crippen LogP contribution < -0.4 is 16.0 Å². The largest absolute Gasteiger partial charge is 0.487 e. The molecule has 2 N–H and O–H groups in total. The lowest BCUT2D eigenvalue weighted by Crippen LogP contribution is -2.17. The molecule has 0 amide bonds. The number of H-pyrrole nitrogens is 2. The van der Waals surface area contributed by atoms with Crippen molar-refractivity contribution in [2.45, 2.75) is 12.8 Å². The van der Waals surface area contributed by atoms with E-state index in [2.05, 4.69) is 31.8 Å². The number of ether oxygens (including phenoxy) is 1. The Morgan fingerprint density at radius 1 is 0.750 bits per heavy atom. The number of aromatic nitrogens is 4. The van der Waals surface area contributed by atoms with E-state index in [1.54, 1.807) is 30.3 Å². The van der Waals surface area contributed by atoms with Gasteiger partial charge in [-0.15, -0.1) is 0 Å². The van der Waals surface area contributed by atoms with Crippen molar-refractivity contribution in [1.82, 2.24) is 19.9 Å². The smallest absolute Gasteiger partial charge is 0.417 e. The Labute approximate surface area is 225 Å². The summed E-state index contributed by atoms with van der Waals surface area (Å²) < 4.78 is 47.8. The number of aromatic amines is 2.